The molecule has 0 amide bonds. The second-order valence-electron chi connectivity index (χ2n) is 8.65. The summed E-state index contributed by atoms with van der Waals surface area (Å²) < 4.78 is 0. The van der Waals surface area contributed by atoms with Crippen LogP contribution in [0, 0.1) is 84.9 Å². The van der Waals surface area contributed by atoms with Crippen molar-refractivity contribution in [3.63, 3.8) is 0 Å². The first-order valence-electron chi connectivity index (χ1n) is 10.7. The first kappa shape index (κ1) is 22.0. The fourth-order valence-corrected chi connectivity index (χ4v) is 5.93. The van der Waals surface area contributed by atoms with Crippen LogP contribution >= 0.6 is 17.0 Å². The van der Waals surface area contributed by atoms with Crippen molar-refractivity contribution in [1.82, 2.24) is 0 Å². The molecule has 6 aliphatic rings. The molecule has 0 aromatic rings. The van der Waals surface area contributed by atoms with Gasteiger partial charge in [0.2, 0.25) is 0 Å². The Balaban J connectivity index is 0.000000609. The van der Waals surface area contributed by atoms with Crippen LogP contribution in [0.2, 0.25) is 0 Å². The van der Waals surface area contributed by atoms with Crippen molar-refractivity contribution < 1.29 is 20.8 Å². The molecule has 148 valence electrons. The summed E-state index contributed by atoms with van der Waals surface area (Å²) >= 11 is -0.826. The number of hydrogen-bond donors (Lipinski definition) is 0. The Morgan fingerprint density at radius 1 is 0.667 bits per heavy atom. The summed E-state index contributed by atoms with van der Waals surface area (Å²) in [5.74, 6) is 11.9. The summed E-state index contributed by atoms with van der Waals surface area (Å²) in [5, 5.41) is 0. The fraction of sp³-hybridized carbons (Fsp3) is 0.259. The number of fused-ring (bicyclic) bond motifs is 4. The van der Waals surface area contributed by atoms with Crippen molar-refractivity contribution in [1.29, 1.82) is 0 Å². The predicted molar refractivity (Wildman–Crippen MR) is 122 cm³/mol. The van der Waals surface area contributed by atoms with E-state index in [-0.39, 0.29) is 0 Å². The van der Waals surface area contributed by atoms with E-state index in [2.05, 4.69) is 86.4 Å². The minimum atomic E-state index is -0.826. The molecule has 2 bridgehead atoms. The van der Waals surface area contributed by atoms with Crippen LogP contribution in [-0.4, -0.2) is 0 Å². The quantitative estimate of drug-likeness (QED) is 0.353. The summed E-state index contributed by atoms with van der Waals surface area (Å²) in [6.45, 7) is 0. The molecular formula is C27H24Cl2Zr+2. The molecule has 0 saturated heterocycles. The second-order valence-corrected chi connectivity index (χ2v) is 12.4. The molecule has 0 aliphatic heterocycles. The van der Waals surface area contributed by atoms with Crippen molar-refractivity contribution in [3.8, 4) is 0 Å². The molecule has 0 unspecified atom stereocenters. The van der Waals surface area contributed by atoms with Crippen molar-refractivity contribution in [2.75, 3.05) is 0 Å². The summed E-state index contributed by atoms with van der Waals surface area (Å²) in [7, 11) is 9.87. The molecule has 6 rings (SSSR count). The number of hydrogen-bond acceptors (Lipinski definition) is 0. The van der Waals surface area contributed by atoms with Gasteiger partial charge in [-0.05, 0) is 80.5 Å². The third-order valence-corrected chi connectivity index (χ3v) is 7.25. The number of halogens is 2. The van der Waals surface area contributed by atoms with Crippen LogP contribution in [0.15, 0.2) is 60.8 Å². The maximum absolute atomic E-state index is 4.93. The Morgan fingerprint density at radius 2 is 1.10 bits per heavy atom. The molecule has 3 heteroatoms. The maximum atomic E-state index is 4.93. The molecule has 0 N–H and O–H groups in total. The summed E-state index contributed by atoms with van der Waals surface area (Å²) in [5.41, 5.74) is 0. The van der Waals surface area contributed by atoms with Gasteiger partial charge in [0.15, 0.2) is 0 Å². The Morgan fingerprint density at radius 3 is 1.57 bits per heavy atom. The van der Waals surface area contributed by atoms with Crippen molar-refractivity contribution in [2.45, 2.75) is 19.3 Å². The van der Waals surface area contributed by atoms with Crippen molar-refractivity contribution in [3.05, 3.63) is 122 Å². The van der Waals surface area contributed by atoms with Crippen LogP contribution in [0.4, 0.5) is 0 Å². The van der Waals surface area contributed by atoms with Crippen LogP contribution < -0.4 is 0 Å². The normalized spacial score (nSPS) is 35.7. The Bertz CT molecular complexity index is 690. The van der Waals surface area contributed by atoms with E-state index in [1.54, 1.807) is 11.8 Å². The predicted octanol–water partition coefficient (Wildman–Crippen LogP) is 7.12. The van der Waals surface area contributed by atoms with E-state index in [0.29, 0.717) is 0 Å². The summed E-state index contributed by atoms with van der Waals surface area (Å²) in [6.07, 6.45) is 35.9. The van der Waals surface area contributed by atoms with Gasteiger partial charge in [-0.25, -0.2) is 0 Å². The van der Waals surface area contributed by atoms with Gasteiger partial charge < -0.3 is 0 Å². The van der Waals surface area contributed by atoms with Gasteiger partial charge >= 0.3 is 37.9 Å². The zero-order valence-corrected chi connectivity index (χ0v) is 20.7. The van der Waals surface area contributed by atoms with Gasteiger partial charge in [-0.2, -0.15) is 0 Å². The molecule has 0 heterocycles. The molecule has 6 aliphatic carbocycles. The van der Waals surface area contributed by atoms with Crippen LogP contribution in [0.25, 0.3) is 0 Å². The van der Waals surface area contributed by atoms with E-state index in [1.807, 2.05) is 0 Å². The van der Waals surface area contributed by atoms with Crippen LogP contribution in [-0.2, 0) is 20.8 Å². The third kappa shape index (κ3) is 4.34. The third-order valence-electron chi connectivity index (χ3n) is 7.25. The average Bonchev–Trinajstić information content (AvgIpc) is 3.54. The first-order chi connectivity index (χ1) is 14.8. The number of allylic oxidation sites excluding steroid dienone is 10. The van der Waals surface area contributed by atoms with Crippen molar-refractivity contribution in [2.24, 2.45) is 23.7 Å². The number of rotatable bonds is 4. The Labute approximate surface area is 201 Å². The fourth-order valence-electron chi connectivity index (χ4n) is 5.93. The van der Waals surface area contributed by atoms with Crippen LogP contribution in [0.5, 0.6) is 0 Å². The average molecular weight is 511 g/mol. The van der Waals surface area contributed by atoms with Gasteiger partial charge in [-0.3, -0.25) is 0 Å². The molecular weight excluding hydrogens is 486 g/mol. The van der Waals surface area contributed by atoms with Crippen LogP contribution in [0.1, 0.15) is 19.3 Å². The van der Waals surface area contributed by atoms with Gasteiger partial charge in [-0.1, -0.05) is 60.8 Å². The van der Waals surface area contributed by atoms with Gasteiger partial charge in [0.25, 0.3) is 0 Å². The Hall–Kier alpha value is 0.163. The second kappa shape index (κ2) is 9.97. The molecule has 10 radical (unpaired) electrons. The van der Waals surface area contributed by atoms with Gasteiger partial charge in [0, 0.05) is 23.7 Å². The molecule has 3 saturated carbocycles. The minimum absolute atomic E-state index is 0.773. The van der Waals surface area contributed by atoms with Gasteiger partial charge in [-0.15, -0.1) is 0 Å². The summed E-state index contributed by atoms with van der Waals surface area (Å²) in [6, 6.07) is 0. The molecule has 0 nitrogen and oxygen atoms in total. The monoisotopic (exact) mass is 508 g/mol. The first-order valence-corrected chi connectivity index (χ1v) is 17.0. The molecule has 0 spiro atoms. The molecule has 3 fully saturated rings. The zero-order chi connectivity index (χ0) is 20.5. The van der Waals surface area contributed by atoms with E-state index in [4.69, 9.17) is 17.0 Å². The van der Waals surface area contributed by atoms with E-state index >= 15 is 0 Å². The van der Waals surface area contributed by atoms with Crippen molar-refractivity contribution >= 4 is 17.0 Å². The molecule has 30 heavy (non-hydrogen) atoms. The van der Waals surface area contributed by atoms with Crippen LogP contribution in [0.3, 0.4) is 0 Å². The van der Waals surface area contributed by atoms with E-state index < -0.39 is 20.8 Å². The van der Waals surface area contributed by atoms with E-state index in [0.717, 1.165) is 23.7 Å². The topological polar surface area (TPSA) is 0 Å². The SMILES string of the molecule is [CH]1[CH][C](C[C@H]2[C@H](C[C]3[CH][CH][C]4C=CC=C[C]43)[C@H]3C=C[C@@H]2C3)[C]2C=CC=C[C]12.[Cl][Zr+2][Cl]. The molecule has 4 atom stereocenters. The van der Waals surface area contributed by atoms with Gasteiger partial charge in [0.05, 0.1) is 0 Å². The molecule has 0 aromatic carbocycles. The van der Waals surface area contributed by atoms with Gasteiger partial charge in [0.1, 0.15) is 0 Å². The summed E-state index contributed by atoms with van der Waals surface area (Å²) in [4.78, 5) is 0. The zero-order valence-electron chi connectivity index (χ0n) is 16.8. The standard InChI is InChI=1S/C27H24.2ClH.Zr/c1-3-7-24-18(5-1)9-11-22(24)16-26-20-13-14-21(15-20)27(26)17-23-12-10-19-6-2-4-8-25(19)23;;;/h1-14,20-21,26-27H,15-17H2;2*1H;/q;;;+4/p-2/t20-,21+,26-,27-;;;/m1.../s1. The molecule has 0 aromatic heterocycles. The van der Waals surface area contributed by atoms with E-state index in [1.165, 1.54) is 42.9 Å². The van der Waals surface area contributed by atoms with E-state index in [9.17, 15) is 0 Å². The Kier molecular flexibility index (Phi) is 7.31.